The van der Waals surface area contributed by atoms with E-state index < -0.39 is 0 Å². The Morgan fingerprint density at radius 1 is 1.20 bits per heavy atom. The lowest BCUT2D eigenvalue weighted by atomic mass is 9.92. The van der Waals surface area contributed by atoms with E-state index in [4.69, 9.17) is 16.3 Å². The molecule has 0 spiro atoms. The summed E-state index contributed by atoms with van der Waals surface area (Å²) in [6, 6.07) is 15.6. The Kier molecular flexibility index (Phi) is 4.80. The highest BCUT2D eigenvalue weighted by Crippen LogP contribution is 2.25. The van der Waals surface area contributed by atoms with Crippen LogP contribution in [-0.4, -0.2) is 12.4 Å². The van der Waals surface area contributed by atoms with Gasteiger partial charge in [-0.05, 0) is 48.2 Å². The van der Waals surface area contributed by atoms with E-state index in [0.717, 1.165) is 16.9 Å². The van der Waals surface area contributed by atoms with Gasteiger partial charge in [0.25, 0.3) is 0 Å². The van der Waals surface area contributed by atoms with E-state index in [-0.39, 0.29) is 11.2 Å². The average Bonchev–Trinajstić information content (AvgIpc) is 2.45. The van der Waals surface area contributed by atoms with Crippen LogP contribution in [0.15, 0.2) is 48.5 Å². The molecule has 0 aliphatic rings. The SMILES string of the molecule is COc1ccc(C(Cc2cccc(C)c2)C(=O)Cl)cc1. The highest BCUT2D eigenvalue weighted by molar-refractivity contribution is 6.64. The second-order valence-corrected chi connectivity index (χ2v) is 5.20. The summed E-state index contributed by atoms with van der Waals surface area (Å²) in [5.41, 5.74) is 3.20. The van der Waals surface area contributed by atoms with Crippen molar-refractivity contribution in [3.8, 4) is 5.75 Å². The Labute approximate surface area is 124 Å². The van der Waals surface area contributed by atoms with Crippen molar-refractivity contribution >= 4 is 16.8 Å². The minimum Gasteiger partial charge on any atom is -0.497 e. The fraction of sp³-hybridized carbons (Fsp3) is 0.235. The zero-order chi connectivity index (χ0) is 14.5. The molecule has 0 bridgehead atoms. The number of ether oxygens (including phenoxy) is 1. The topological polar surface area (TPSA) is 26.3 Å². The van der Waals surface area contributed by atoms with Gasteiger partial charge in [-0.2, -0.15) is 0 Å². The summed E-state index contributed by atoms with van der Waals surface area (Å²) >= 11 is 5.77. The maximum atomic E-state index is 11.7. The number of benzene rings is 2. The lowest BCUT2D eigenvalue weighted by Gasteiger charge is -2.14. The summed E-state index contributed by atoms with van der Waals surface area (Å²) in [4.78, 5) is 11.7. The molecule has 0 saturated carbocycles. The number of hydrogen-bond donors (Lipinski definition) is 0. The van der Waals surface area contributed by atoms with E-state index in [2.05, 4.69) is 6.07 Å². The third-order valence-corrected chi connectivity index (χ3v) is 3.58. The molecule has 2 aromatic carbocycles. The molecular formula is C17H17ClO2. The molecular weight excluding hydrogens is 272 g/mol. The van der Waals surface area contributed by atoms with Crippen molar-refractivity contribution in [2.24, 2.45) is 0 Å². The van der Waals surface area contributed by atoms with E-state index in [1.54, 1.807) is 7.11 Å². The van der Waals surface area contributed by atoms with Gasteiger partial charge in [-0.1, -0.05) is 42.0 Å². The van der Waals surface area contributed by atoms with Crippen LogP contribution in [0.4, 0.5) is 0 Å². The van der Waals surface area contributed by atoms with Crippen LogP contribution in [0.1, 0.15) is 22.6 Å². The Bertz CT molecular complexity index is 590. The number of methoxy groups -OCH3 is 1. The van der Waals surface area contributed by atoms with Crippen molar-refractivity contribution < 1.29 is 9.53 Å². The molecule has 0 heterocycles. The first-order chi connectivity index (χ1) is 9.60. The maximum absolute atomic E-state index is 11.7. The molecule has 0 saturated heterocycles. The van der Waals surface area contributed by atoms with Crippen molar-refractivity contribution in [2.75, 3.05) is 7.11 Å². The summed E-state index contributed by atoms with van der Waals surface area (Å²) in [6.45, 7) is 2.04. The van der Waals surface area contributed by atoms with Gasteiger partial charge >= 0.3 is 0 Å². The van der Waals surface area contributed by atoms with Gasteiger partial charge in [0, 0.05) is 0 Å². The summed E-state index contributed by atoms with van der Waals surface area (Å²) < 4.78 is 5.13. The predicted octanol–water partition coefficient (Wildman–Crippen LogP) is 4.10. The van der Waals surface area contributed by atoms with Gasteiger partial charge in [-0.15, -0.1) is 0 Å². The Hall–Kier alpha value is -1.80. The van der Waals surface area contributed by atoms with Crippen LogP contribution in [0.2, 0.25) is 0 Å². The smallest absolute Gasteiger partial charge is 0.229 e. The lowest BCUT2D eigenvalue weighted by molar-refractivity contribution is -0.113. The van der Waals surface area contributed by atoms with Crippen molar-refractivity contribution in [3.63, 3.8) is 0 Å². The quantitative estimate of drug-likeness (QED) is 0.775. The summed E-state index contributed by atoms with van der Waals surface area (Å²) in [5.74, 6) is 0.439. The van der Waals surface area contributed by atoms with Gasteiger partial charge in [-0.3, -0.25) is 4.79 Å². The number of halogens is 1. The number of hydrogen-bond acceptors (Lipinski definition) is 2. The maximum Gasteiger partial charge on any atom is 0.229 e. The Morgan fingerprint density at radius 2 is 1.90 bits per heavy atom. The normalized spacial score (nSPS) is 11.9. The van der Waals surface area contributed by atoms with Gasteiger partial charge in [-0.25, -0.2) is 0 Å². The van der Waals surface area contributed by atoms with Crippen LogP contribution in [0.5, 0.6) is 5.75 Å². The molecule has 0 amide bonds. The van der Waals surface area contributed by atoms with Crippen LogP contribution in [-0.2, 0) is 11.2 Å². The molecule has 0 radical (unpaired) electrons. The fourth-order valence-corrected chi connectivity index (χ4v) is 2.44. The molecule has 2 rings (SSSR count). The van der Waals surface area contributed by atoms with E-state index in [0.29, 0.717) is 6.42 Å². The first-order valence-corrected chi connectivity index (χ1v) is 6.87. The highest BCUT2D eigenvalue weighted by Gasteiger charge is 2.19. The molecule has 1 unspecified atom stereocenters. The van der Waals surface area contributed by atoms with Crippen LogP contribution in [0.3, 0.4) is 0 Å². The summed E-state index contributed by atoms with van der Waals surface area (Å²) in [5, 5.41) is -0.336. The number of aryl methyl sites for hydroxylation is 1. The number of carbonyl (C=O) groups is 1. The molecule has 2 aromatic rings. The first kappa shape index (κ1) is 14.6. The van der Waals surface area contributed by atoms with Crippen molar-refractivity contribution in [1.29, 1.82) is 0 Å². The van der Waals surface area contributed by atoms with E-state index in [1.807, 2.05) is 49.4 Å². The van der Waals surface area contributed by atoms with Crippen molar-refractivity contribution in [3.05, 3.63) is 65.2 Å². The van der Waals surface area contributed by atoms with Gasteiger partial charge in [0.05, 0.1) is 13.0 Å². The largest absolute Gasteiger partial charge is 0.497 e. The molecule has 2 nitrogen and oxygen atoms in total. The van der Waals surface area contributed by atoms with Crippen molar-refractivity contribution in [2.45, 2.75) is 19.3 Å². The molecule has 0 aromatic heterocycles. The molecule has 0 aliphatic heterocycles. The van der Waals surface area contributed by atoms with E-state index in [1.165, 1.54) is 5.56 Å². The third kappa shape index (κ3) is 3.61. The number of carbonyl (C=O) groups excluding carboxylic acids is 1. The molecule has 0 fully saturated rings. The monoisotopic (exact) mass is 288 g/mol. The second-order valence-electron chi connectivity index (χ2n) is 4.82. The molecule has 1 atom stereocenters. The lowest BCUT2D eigenvalue weighted by Crippen LogP contribution is -2.10. The van der Waals surface area contributed by atoms with Gasteiger partial charge in [0.2, 0.25) is 5.24 Å². The second kappa shape index (κ2) is 6.58. The van der Waals surface area contributed by atoms with E-state index in [9.17, 15) is 4.79 Å². The molecule has 3 heteroatoms. The van der Waals surface area contributed by atoms with Crippen LogP contribution >= 0.6 is 11.6 Å². The van der Waals surface area contributed by atoms with E-state index >= 15 is 0 Å². The Balaban J connectivity index is 2.24. The third-order valence-electron chi connectivity index (χ3n) is 3.31. The standard InChI is InChI=1S/C17H17ClO2/c1-12-4-3-5-13(10-12)11-16(17(18)19)14-6-8-15(20-2)9-7-14/h3-10,16H,11H2,1-2H3. The zero-order valence-corrected chi connectivity index (χ0v) is 12.4. The fourth-order valence-electron chi connectivity index (χ4n) is 2.24. The Morgan fingerprint density at radius 3 is 2.45 bits per heavy atom. The molecule has 0 aliphatic carbocycles. The molecule has 20 heavy (non-hydrogen) atoms. The highest BCUT2D eigenvalue weighted by atomic mass is 35.5. The average molecular weight is 289 g/mol. The van der Waals surface area contributed by atoms with Gasteiger partial charge in [0.1, 0.15) is 5.75 Å². The van der Waals surface area contributed by atoms with Gasteiger partial charge < -0.3 is 4.74 Å². The zero-order valence-electron chi connectivity index (χ0n) is 11.6. The molecule has 0 N–H and O–H groups in total. The van der Waals surface area contributed by atoms with Crippen molar-refractivity contribution in [1.82, 2.24) is 0 Å². The predicted molar refractivity (Wildman–Crippen MR) is 81.5 cm³/mol. The van der Waals surface area contributed by atoms with Gasteiger partial charge in [0.15, 0.2) is 0 Å². The minimum atomic E-state index is -0.336. The minimum absolute atomic E-state index is 0.329. The van der Waals surface area contributed by atoms with Crippen LogP contribution in [0.25, 0.3) is 0 Å². The summed E-state index contributed by atoms with van der Waals surface area (Å²) in [6.07, 6.45) is 0.607. The summed E-state index contributed by atoms with van der Waals surface area (Å²) in [7, 11) is 1.62. The first-order valence-electron chi connectivity index (χ1n) is 6.49. The van der Waals surface area contributed by atoms with Crippen LogP contribution < -0.4 is 4.74 Å². The number of rotatable bonds is 5. The molecule has 104 valence electrons. The van der Waals surface area contributed by atoms with Crippen LogP contribution in [0, 0.1) is 6.92 Å².